The maximum absolute atomic E-state index is 12.7. The fraction of sp³-hybridized carbons (Fsp3) is 0.333. The lowest BCUT2D eigenvalue weighted by Crippen LogP contribution is -2.17. The summed E-state index contributed by atoms with van der Waals surface area (Å²) in [4.78, 5) is 10.8. The molecule has 3 aromatic rings. The Morgan fingerprint density at radius 2 is 1.54 bits per heavy atom. The molecule has 1 heterocycles. The predicted molar refractivity (Wildman–Crippen MR) is 127 cm³/mol. The van der Waals surface area contributed by atoms with Crippen molar-refractivity contribution in [2.45, 2.75) is 26.1 Å². The first-order valence-electron chi connectivity index (χ1n) is 11.0. The Morgan fingerprint density at radius 3 is 2.16 bits per heavy atom. The maximum atomic E-state index is 12.7. The molecule has 2 aromatic carbocycles. The van der Waals surface area contributed by atoms with Crippen LogP contribution >= 0.6 is 0 Å². The molecule has 0 fully saturated rings. The number of nitrogens with one attached hydrogen (secondary N) is 2. The van der Waals surface area contributed by atoms with E-state index in [1.54, 1.807) is 13.0 Å². The summed E-state index contributed by atoms with van der Waals surface area (Å²) in [5.41, 5.74) is 1.54. The number of ether oxygens (including phenoxy) is 2. The number of hydrogen-bond donors (Lipinski definition) is 2. The predicted octanol–water partition coefficient (Wildman–Crippen LogP) is 6.36. The van der Waals surface area contributed by atoms with Gasteiger partial charge in [0.15, 0.2) is 0 Å². The van der Waals surface area contributed by atoms with Gasteiger partial charge in [0, 0.05) is 23.9 Å². The first-order chi connectivity index (χ1) is 17.3. The van der Waals surface area contributed by atoms with Crippen molar-refractivity contribution >= 4 is 17.5 Å². The lowest BCUT2D eigenvalue weighted by atomic mass is 10.1. The van der Waals surface area contributed by atoms with Crippen LogP contribution in [0, 0.1) is 6.92 Å². The topological polar surface area (TPSA) is 71.5 Å². The average Bonchev–Trinajstić information content (AvgIpc) is 2.76. The van der Waals surface area contributed by atoms with Gasteiger partial charge >= 0.3 is 12.7 Å². The summed E-state index contributed by atoms with van der Waals surface area (Å²) < 4.78 is 83.6. The molecule has 0 saturated carbocycles. The smallest absolute Gasteiger partial charge is 0.406 e. The van der Waals surface area contributed by atoms with Gasteiger partial charge in [0.2, 0.25) is 5.95 Å². The molecule has 0 spiro atoms. The Hall–Kier alpha value is -3.74. The van der Waals surface area contributed by atoms with Crippen molar-refractivity contribution in [1.29, 1.82) is 0 Å². The van der Waals surface area contributed by atoms with Gasteiger partial charge < -0.3 is 25.0 Å². The van der Waals surface area contributed by atoms with E-state index >= 15 is 0 Å². The highest BCUT2D eigenvalue weighted by atomic mass is 19.4. The van der Waals surface area contributed by atoms with Crippen LogP contribution in [-0.4, -0.2) is 54.8 Å². The van der Waals surface area contributed by atoms with Gasteiger partial charge in [0.05, 0.1) is 5.69 Å². The second kappa shape index (κ2) is 11.5. The van der Waals surface area contributed by atoms with Crippen molar-refractivity contribution in [3.63, 3.8) is 0 Å². The minimum atomic E-state index is -4.85. The minimum Gasteiger partial charge on any atom is -0.406 e. The molecule has 2 N–H and O–H groups in total. The Morgan fingerprint density at radius 1 is 0.865 bits per heavy atom. The highest BCUT2D eigenvalue weighted by Gasteiger charge is 2.32. The SMILES string of the molecule is Cc1cc(OC(F)(F)F)ccc1Nc1cc(-c2cccc(OC(F)(F)F)c2)nc(NCCCN(C)C)n1. The van der Waals surface area contributed by atoms with Crippen LogP contribution in [0.4, 0.5) is 43.8 Å². The van der Waals surface area contributed by atoms with E-state index < -0.39 is 18.5 Å². The molecule has 0 amide bonds. The van der Waals surface area contributed by atoms with Crippen LogP contribution in [0.5, 0.6) is 11.5 Å². The maximum Gasteiger partial charge on any atom is 0.573 e. The summed E-state index contributed by atoms with van der Waals surface area (Å²) in [6, 6.07) is 10.6. The third-order valence-corrected chi connectivity index (χ3v) is 4.85. The van der Waals surface area contributed by atoms with Crippen LogP contribution in [0.3, 0.4) is 0 Å². The summed E-state index contributed by atoms with van der Waals surface area (Å²) >= 11 is 0. The molecule has 0 aliphatic carbocycles. The van der Waals surface area contributed by atoms with Crippen LogP contribution in [0.25, 0.3) is 11.3 Å². The van der Waals surface area contributed by atoms with Crippen LogP contribution in [-0.2, 0) is 0 Å². The molecule has 0 aliphatic heterocycles. The summed E-state index contributed by atoms with van der Waals surface area (Å²) in [5, 5.41) is 6.12. The van der Waals surface area contributed by atoms with E-state index in [1.807, 2.05) is 19.0 Å². The molecule has 3 rings (SSSR count). The second-order valence-electron chi connectivity index (χ2n) is 8.27. The number of aromatic nitrogens is 2. The van der Waals surface area contributed by atoms with Gasteiger partial charge in [0.1, 0.15) is 17.3 Å². The molecule has 0 unspecified atom stereocenters. The Bertz CT molecular complexity index is 1200. The van der Waals surface area contributed by atoms with Crippen LogP contribution in [0.2, 0.25) is 0 Å². The monoisotopic (exact) mass is 529 g/mol. The second-order valence-corrected chi connectivity index (χ2v) is 8.27. The zero-order valence-electron chi connectivity index (χ0n) is 20.2. The van der Waals surface area contributed by atoms with Crippen molar-refractivity contribution in [2.75, 3.05) is 37.8 Å². The fourth-order valence-electron chi connectivity index (χ4n) is 3.30. The molecule has 200 valence electrons. The zero-order valence-corrected chi connectivity index (χ0v) is 20.2. The van der Waals surface area contributed by atoms with E-state index in [2.05, 4.69) is 30.1 Å². The molecule has 0 aliphatic rings. The molecule has 0 bridgehead atoms. The number of alkyl halides is 6. The Kier molecular flexibility index (Phi) is 8.69. The number of rotatable bonds is 10. The fourth-order valence-corrected chi connectivity index (χ4v) is 3.30. The molecular formula is C24H25F6N5O2. The van der Waals surface area contributed by atoms with Gasteiger partial charge in [-0.05, 0) is 69.9 Å². The Labute approximate surface area is 209 Å². The van der Waals surface area contributed by atoms with Gasteiger partial charge in [-0.2, -0.15) is 4.98 Å². The highest BCUT2D eigenvalue weighted by molar-refractivity contribution is 5.69. The highest BCUT2D eigenvalue weighted by Crippen LogP contribution is 2.31. The number of halogens is 6. The first-order valence-corrected chi connectivity index (χ1v) is 11.0. The molecule has 37 heavy (non-hydrogen) atoms. The molecule has 0 radical (unpaired) electrons. The molecule has 0 saturated heterocycles. The number of aryl methyl sites for hydroxylation is 1. The number of hydrogen-bond acceptors (Lipinski definition) is 7. The van der Waals surface area contributed by atoms with Crippen LogP contribution < -0.4 is 20.1 Å². The molecule has 13 heteroatoms. The molecule has 7 nitrogen and oxygen atoms in total. The third-order valence-electron chi connectivity index (χ3n) is 4.85. The van der Waals surface area contributed by atoms with Crippen molar-refractivity contribution in [1.82, 2.24) is 14.9 Å². The zero-order chi connectivity index (χ0) is 27.2. The summed E-state index contributed by atoms with van der Waals surface area (Å²) in [6.07, 6.45) is -8.89. The van der Waals surface area contributed by atoms with Gasteiger partial charge in [-0.1, -0.05) is 12.1 Å². The molecule has 1 aromatic heterocycles. The summed E-state index contributed by atoms with van der Waals surface area (Å²) in [6.45, 7) is 2.92. The summed E-state index contributed by atoms with van der Waals surface area (Å²) in [5.74, 6) is -0.288. The standard InChI is InChI=1S/C24H25F6N5O2/c1-15-12-18(37-24(28,29)30)8-9-19(15)32-21-14-20(33-22(34-21)31-10-5-11-35(2)3)16-6-4-7-17(13-16)36-23(25,26)27/h4,6-9,12-14H,5,10-11H2,1-3H3,(H2,31,32,33,34). The average molecular weight is 529 g/mol. The normalized spacial score (nSPS) is 11.9. The van der Waals surface area contributed by atoms with Gasteiger partial charge in [-0.25, -0.2) is 4.98 Å². The largest absolute Gasteiger partial charge is 0.573 e. The third kappa shape index (κ3) is 9.33. The lowest BCUT2D eigenvalue weighted by Gasteiger charge is -2.15. The van der Waals surface area contributed by atoms with Gasteiger partial charge in [-0.15, -0.1) is 26.3 Å². The van der Waals surface area contributed by atoms with Crippen molar-refractivity contribution < 1.29 is 35.8 Å². The molecular weight excluding hydrogens is 504 g/mol. The lowest BCUT2D eigenvalue weighted by molar-refractivity contribution is -0.275. The van der Waals surface area contributed by atoms with E-state index in [9.17, 15) is 26.3 Å². The van der Waals surface area contributed by atoms with Crippen molar-refractivity contribution in [2.24, 2.45) is 0 Å². The summed E-state index contributed by atoms with van der Waals surface area (Å²) in [7, 11) is 3.87. The van der Waals surface area contributed by atoms with Crippen molar-refractivity contribution in [3.05, 3.63) is 54.1 Å². The van der Waals surface area contributed by atoms with E-state index in [4.69, 9.17) is 0 Å². The minimum absolute atomic E-state index is 0.218. The van der Waals surface area contributed by atoms with Crippen LogP contribution in [0.15, 0.2) is 48.5 Å². The van der Waals surface area contributed by atoms with E-state index in [0.29, 0.717) is 29.1 Å². The first kappa shape index (κ1) is 27.8. The number of benzene rings is 2. The Balaban J connectivity index is 1.91. The van der Waals surface area contributed by atoms with Crippen LogP contribution in [0.1, 0.15) is 12.0 Å². The van der Waals surface area contributed by atoms with E-state index in [-0.39, 0.29) is 17.5 Å². The van der Waals surface area contributed by atoms with Gasteiger partial charge in [-0.3, -0.25) is 0 Å². The molecule has 0 atom stereocenters. The van der Waals surface area contributed by atoms with E-state index in [0.717, 1.165) is 19.0 Å². The quantitative estimate of drug-likeness (QED) is 0.234. The van der Waals surface area contributed by atoms with Gasteiger partial charge in [0.25, 0.3) is 0 Å². The number of nitrogens with zero attached hydrogens (tertiary/aromatic N) is 3. The number of anilines is 3. The van der Waals surface area contributed by atoms with Crippen molar-refractivity contribution in [3.8, 4) is 22.8 Å². The van der Waals surface area contributed by atoms with E-state index in [1.165, 1.54) is 36.4 Å².